The number of nitrogens with zero attached hydrogens (tertiary/aromatic N) is 3. The van der Waals surface area contributed by atoms with E-state index in [4.69, 9.17) is 5.73 Å². The van der Waals surface area contributed by atoms with Gasteiger partial charge in [-0.3, -0.25) is 4.99 Å². The number of rotatable bonds is 8. The van der Waals surface area contributed by atoms with Gasteiger partial charge in [0.2, 0.25) is 0 Å². The monoisotopic (exact) mass is 345 g/mol. The van der Waals surface area contributed by atoms with Crippen LogP contribution in [0.25, 0.3) is 0 Å². The molecule has 1 fully saturated rings. The van der Waals surface area contributed by atoms with Crippen LogP contribution in [0.4, 0.5) is 5.69 Å². The second-order valence-electron chi connectivity index (χ2n) is 7.18. The first-order valence-electron chi connectivity index (χ1n) is 9.66. The predicted octanol–water partition coefficient (Wildman–Crippen LogP) is 2.95. The summed E-state index contributed by atoms with van der Waals surface area (Å²) < 4.78 is 0. The molecule has 0 radical (unpaired) electrons. The molecule has 1 aliphatic rings. The van der Waals surface area contributed by atoms with Crippen molar-refractivity contribution in [2.75, 3.05) is 51.6 Å². The summed E-state index contributed by atoms with van der Waals surface area (Å²) in [5.74, 6) is 1.11. The van der Waals surface area contributed by atoms with Gasteiger partial charge in [-0.15, -0.1) is 0 Å². The lowest BCUT2D eigenvalue weighted by molar-refractivity contribution is 0.152. The van der Waals surface area contributed by atoms with Crippen molar-refractivity contribution in [3.05, 3.63) is 29.8 Å². The Hall–Kier alpha value is -1.59. The highest BCUT2D eigenvalue weighted by Crippen LogP contribution is 2.20. The molecule has 2 rings (SSSR count). The molecule has 1 aliphatic heterocycles. The Morgan fingerprint density at radius 3 is 2.48 bits per heavy atom. The van der Waals surface area contributed by atoms with E-state index in [9.17, 15) is 0 Å². The molecule has 0 saturated carbocycles. The Morgan fingerprint density at radius 1 is 1.16 bits per heavy atom. The SMILES string of the molecule is CCC(C)c1ccc(NC(N)=NCCCCN2CCN(C)CC2)cc1. The molecular weight excluding hydrogens is 310 g/mol. The molecule has 1 unspecified atom stereocenters. The number of hydrogen-bond donors (Lipinski definition) is 2. The molecule has 1 atom stereocenters. The van der Waals surface area contributed by atoms with Crippen LogP contribution < -0.4 is 11.1 Å². The third-order valence-corrected chi connectivity index (χ3v) is 5.12. The normalized spacial score (nSPS) is 18.3. The molecule has 0 bridgehead atoms. The van der Waals surface area contributed by atoms with Gasteiger partial charge in [0.15, 0.2) is 5.96 Å². The van der Waals surface area contributed by atoms with Crippen LogP contribution in [-0.2, 0) is 0 Å². The molecule has 0 spiro atoms. The number of unbranched alkanes of at least 4 members (excludes halogenated alkanes) is 1. The minimum absolute atomic E-state index is 0.510. The molecule has 5 nitrogen and oxygen atoms in total. The maximum Gasteiger partial charge on any atom is 0.193 e. The number of piperazine rings is 1. The zero-order valence-electron chi connectivity index (χ0n) is 16.2. The molecule has 0 amide bonds. The van der Waals surface area contributed by atoms with Crippen LogP contribution in [0.1, 0.15) is 44.6 Å². The predicted molar refractivity (Wildman–Crippen MR) is 108 cm³/mol. The summed E-state index contributed by atoms with van der Waals surface area (Å²) in [7, 11) is 2.19. The van der Waals surface area contributed by atoms with E-state index in [-0.39, 0.29) is 0 Å². The van der Waals surface area contributed by atoms with Gasteiger partial charge >= 0.3 is 0 Å². The zero-order valence-corrected chi connectivity index (χ0v) is 16.2. The van der Waals surface area contributed by atoms with Gasteiger partial charge in [-0.1, -0.05) is 26.0 Å². The first-order chi connectivity index (χ1) is 12.1. The van der Waals surface area contributed by atoms with Crippen molar-refractivity contribution in [3.63, 3.8) is 0 Å². The third-order valence-electron chi connectivity index (χ3n) is 5.12. The molecule has 0 aliphatic carbocycles. The number of nitrogens with two attached hydrogens (primary N) is 1. The van der Waals surface area contributed by atoms with Crippen molar-refractivity contribution in [2.24, 2.45) is 10.7 Å². The summed E-state index contributed by atoms with van der Waals surface area (Å²) in [6.07, 6.45) is 3.43. The Labute approximate surface area is 153 Å². The topological polar surface area (TPSA) is 56.9 Å². The average molecular weight is 346 g/mol. The molecule has 0 aromatic heterocycles. The maximum absolute atomic E-state index is 5.99. The van der Waals surface area contributed by atoms with Crippen LogP contribution in [0, 0.1) is 0 Å². The second kappa shape index (κ2) is 10.4. The van der Waals surface area contributed by atoms with Gasteiger partial charge in [-0.25, -0.2) is 0 Å². The molecule has 1 saturated heterocycles. The van der Waals surface area contributed by atoms with E-state index >= 15 is 0 Å². The lowest BCUT2D eigenvalue weighted by Crippen LogP contribution is -2.44. The number of likely N-dealkylation sites (N-methyl/N-ethyl adjacent to an activating group) is 1. The third kappa shape index (κ3) is 7.04. The fourth-order valence-electron chi connectivity index (χ4n) is 3.04. The van der Waals surface area contributed by atoms with E-state index in [0.29, 0.717) is 11.9 Å². The van der Waals surface area contributed by atoms with E-state index in [2.05, 4.69) is 65.3 Å². The van der Waals surface area contributed by atoms with E-state index in [1.165, 1.54) is 44.7 Å². The minimum atomic E-state index is 0.510. The summed E-state index contributed by atoms with van der Waals surface area (Å²) in [5.41, 5.74) is 8.37. The molecular formula is C20H35N5. The highest BCUT2D eigenvalue weighted by Gasteiger charge is 2.12. The van der Waals surface area contributed by atoms with Crippen LogP contribution in [0.5, 0.6) is 0 Å². The van der Waals surface area contributed by atoms with Crippen molar-refractivity contribution in [3.8, 4) is 0 Å². The lowest BCUT2D eigenvalue weighted by atomic mass is 9.99. The van der Waals surface area contributed by atoms with Crippen LogP contribution in [0.2, 0.25) is 0 Å². The molecule has 1 heterocycles. The van der Waals surface area contributed by atoms with Crippen molar-refractivity contribution < 1.29 is 0 Å². The Kier molecular flexibility index (Phi) is 8.22. The van der Waals surface area contributed by atoms with Crippen LogP contribution >= 0.6 is 0 Å². The van der Waals surface area contributed by atoms with Crippen molar-refractivity contribution in [1.29, 1.82) is 0 Å². The number of nitrogens with one attached hydrogen (secondary N) is 1. The summed E-state index contributed by atoms with van der Waals surface area (Å²) >= 11 is 0. The van der Waals surface area contributed by atoms with Gasteiger partial charge in [0.1, 0.15) is 0 Å². The number of benzene rings is 1. The molecule has 1 aromatic carbocycles. The summed E-state index contributed by atoms with van der Waals surface area (Å²) in [5, 5.41) is 3.18. The number of guanidine groups is 1. The van der Waals surface area contributed by atoms with Crippen molar-refractivity contribution in [1.82, 2.24) is 9.80 Å². The minimum Gasteiger partial charge on any atom is -0.370 e. The van der Waals surface area contributed by atoms with Gasteiger partial charge < -0.3 is 20.9 Å². The van der Waals surface area contributed by atoms with Crippen molar-refractivity contribution >= 4 is 11.6 Å². The van der Waals surface area contributed by atoms with Crippen LogP contribution in [-0.4, -0.2) is 62.1 Å². The fourth-order valence-corrected chi connectivity index (χ4v) is 3.04. The quantitative estimate of drug-likeness (QED) is 0.432. The summed E-state index contributed by atoms with van der Waals surface area (Å²) in [4.78, 5) is 9.38. The van der Waals surface area contributed by atoms with Crippen LogP contribution in [0.15, 0.2) is 29.3 Å². The Morgan fingerprint density at radius 2 is 1.84 bits per heavy atom. The largest absolute Gasteiger partial charge is 0.370 e. The van der Waals surface area contributed by atoms with Gasteiger partial charge in [-0.2, -0.15) is 0 Å². The molecule has 3 N–H and O–H groups in total. The van der Waals surface area contributed by atoms with Gasteiger partial charge in [0.05, 0.1) is 0 Å². The molecule has 5 heteroatoms. The van der Waals surface area contributed by atoms with E-state index in [1.54, 1.807) is 0 Å². The molecule has 25 heavy (non-hydrogen) atoms. The van der Waals surface area contributed by atoms with E-state index in [1.807, 2.05) is 0 Å². The smallest absolute Gasteiger partial charge is 0.193 e. The van der Waals surface area contributed by atoms with Gasteiger partial charge in [0, 0.05) is 38.4 Å². The molecule has 1 aromatic rings. The highest BCUT2D eigenvalue weighted by atomic mass is 15.2. The highest BCUT2D eigenvalue weighted by molar-refractivity contribution is 5.92. The van der Waals surface area contributed by atoms with E-state index < -0.39 is 0 Å². The average Bonchev–Trinajstić information content (AvgIpc) is 2.63. The van der Waals surface area contributed by atoms with Crippen LogP contribution in [0.3, 0.4) is 0 Å². The van der Waals surface area contributed by atoms with E-state index in [0.717, 1.165) is 25.1 Å². The Balaban J connectivity index is 1.64. The maximum atomic E-state index is 5.99. The molecule has 140 valence electrons. The zero-order chi connectivity index (χ0) is 18.1. The first-order valence-corrected chi connectivity index (χ1v) is 9.66. The standard InChI is InChI=1S/C20H35N5/c1-4-17(2)18-7-9-19(10-8-18)23-20(21)22-11-5-6-12-25-15-13-24(3)14-16-25/h7-10,17H,4-6,11-16H2,1-3H3,(H3,21,22,23). The first kappa shape index (κ1) is 19.7. The summed E-state index contributed by atoms with van der Waals surface area (Å²) in [6, 6.07) is 8.49. The lowest BCUT2D eigenvalue weighted by Gasteiger charge is -2.32. The fraction of sp³-hybridized carbons (Fsp3) is 0.650. The van der Waals surface area contributed by atoms with Crippen molar-refractivity contribution in [2.45, 2.75) is 39.0 Å². The van der Waals surface area contributed by atoms with Gasteiger partial charge in [0.25, 0.3) is 0 Å². The number of hydrogen-bond acceptors (Lipinski definition) is 3. The van der Waals surface area contributed by atoms with Gasteiger partial charge in [-0.05, 0) is 56.5 Å². The number of aliphatic imine (C=N–C) groups is 1. The Bertz CT molecular complexity index is 517. The summed E-state index contributed by atoms with van der Waals surface area (Å²) in [6.45, 7) is 11.2. The second-order valence-corrected chi connectivity index (χ2v) is 7.18. The number of anilines is 1.